The molecule has 1 aromatic heterocycles. The number of carbonyl (C=O) groups excluding carboxylic acids is 1. The van der Waals surface area contributed by atoms with Crippen LogP contribution in [0, 0.1) is 0 Å². The van der Waals surface area contributed by atoms with Crippen LogP contribution >= 0.6 is 0 Å². The Balaban J connectivity index is 1.24. The van der Waals surface area contributed by atoms with Gasteiger partial charge in [-0.25, -0.2) is 4.68 Å². The van der Waals surface area contributed by atoms with Crippen molar-refractivity contribution in [2.24, 2.45) is 0 Å². The zero-order valence-electron chi connectivity index (χ0n) is 18.9. The molecular weight excluding hydrogens is 398 g/mol. The van der Waals surface area contributed by atoms with Crippen molar-refractivity contribution >= 4 is 12.0 Å². The first-order chi connectivity index (χ1) is 15.6. The normalized spacial score (nSPS) is 15.0. The third-order valence-corrected chi connectivity index (χ3v) is 5.88. The Kier molecular flexibility index (Phi) is 7.12. The molecule has 2 aromatic carbocycles. The van der Waals surface area contributed by atoms with Gasteiger partial charge in [-0.05, 0) is 28.7 Å². The largest absolute Gasteiger partial charge is 0.337 e. The second-order valence-corrected chi connectivity index (χ2v) is 8.66. The van der Waals surface area contributed by atoms with Gasteiger partial charge in [0.2, 0.25) is 5.91 Å². The van der Waals surface area contributed by atoms with Crippen LogP contribution in [-0.2, 0) is 17.9 Å². The highest BCUT2D eigenvalue weighted by Gasteiger charge is 2.19. The summed E-state index contributed by atoms with van der Waals surface area (Å²) in [6, 6.07) is 19.0. The first kappa shape index (κ1) is 22.0. The lowest BCUT2D eigenvalue weighted by atomic mass is 10.0. The first-order valence-electron chi connectivity index (χ1n) is 11.3. The monoisotopic (exact) mass is 429 g/mol. The molecule has 0 N–H and O–H groups in total. The van der Waals surface area contributed by atoms with E-state index >= 15 is 0 Å². The summed E-state index contributed by atoms with van der Waals surface area (Å²) in [6.45, 7) is 9.29. The molecule has 6 heteroatoms. The highest BCUT2D eigenvalue weighted by atomic mass is 16.2. The van der Waals surface area contributed by atoms with E-state index in [1.807, 2.05) is 29.3 Å². The molecule has 1 amide bonds. The smallest absolute Gasteiger partial charge is 0.246 e. The number of aromatic nitrogens is 3. The quantitative estimate of drug-likeness (QED) is 0.536. The van der Waals surface area contributed by atoms with Gasteiger partial charge in [0.25, 0.3) is 0 Å². The number of hydrogen-bond donors (Lipinski definition) is 0. The highest BCUT2D eigenvalue weighted by molar-refractivity contribution is 5.91. The molecule has 0 unspecified atom stereocenters. The summed E-state index contributed by atoms with van der Waals surface area (Å²) in [5.41, 5.74) is 4.55. The standard InChI is InChI=1S/C26H31N5O/c1-21(2)24-10-8-23(9-11-24)18-29-14-16-30(17-15-29)26(32)13-12-25-20-31(28-27-25)19-22-6-4-3-5-7-22/h3-13,20-21H,14-19H2,1-2H3/b13-12+. The Morgan fingerprint density at radius 3 is 2.31 bits per heavy atom. The van der Waals surface area contributed by atoms with Crippen LogP contribution in [0.5, 0.6) is 0 Å². The van der Waals surface area contributed by atoms with Crippen LogP contribution in [0.4, 0.5) is 0 Å². The molecule has 6 nitrogen and oxygen atoms in total. The minimum Gasteiger partial charge on any atom is -0.337 e. The summed E-state index contributed by atoms with van der Waals surface area (Å²) in [6.07, 6.45) is 5.22. The molecule has 3 aromatic rings. The van der Waals surface area contributed by atoms with Crippen molar-refractivity contribution in [2.45, 2.75) is 32.9 Å². The van der Waals surface area contributed by atoms with Gasteiger partial charge in [-0.2, -0.15) is 0 Å². The second kappa shape index (κ2) is 10.4. The van der Waals surface area contributed by atoms with E-state index in [4.69, 9.17) is 0 Å². The Morgan fingerprint density at radius 2 is 1.62 bits per heavy atom. The Morgan fingerprint density at radius 1 is 0.938 bits per heavy atom. The summed E-state index contributed by atoms with van der Waals surface area (Å²) in [5, 5.41) is 8.30. The molecule has 0 bridgehead atoms. The van der Waals surface area contributed by atoms with Gasteiger partial charge in [-0.1, -0.05) is 73.7 Å². The molecule has 0 spiro atoms. The van der Waals surface area contributed by atoms with Gasteiger partial charge in [-0.15, -0.1) is 5.10 Å². The number of amides is 1. The highest BCUT2D eigenvalue weighted by Crippen LogP contribution is 2.16. The van der Waals surface area contributed by atoms with Crippen LogP contribution in [0.3, 0.4) is 0 Å². The molecule has 166 valence electrons. The zero-order chi connectivity index (χ0) is 22.3. The van der Waals surface area contributed by atoms with Crippen LogP contribution in [0.1, 0.15) is 42.1 Å². The predicted molar refractivity (Wildman–Crippen MR) is 127 cm³/mol. The van der Waals surface area contributed by atoms with Crippen molar-refractivity contribution in [3.05, 3.63) is 89.3 Å². The summed E-state index contributed by atoms with van der Waals surface area (Å²) in [5.74, 6) is 0.587. The fourth-order valence-corrected chi connectivity index (χ4v) is 3.89. The molecule has 0 atom stereocenters. The van der Waals surface area contributed by atoms with Crippen molar-refractivity contribution in [3.8, 4) is 0 Å². The summed E-state index contributed by atoms with van der Waals surface area (Å²) in [4.78, 5) is 16.9. The minimum absolute atomic E-state index is 0.0311. The van der Waals surface area contributed by atoms with E-state index in [0.29, 0.717) is 18.2 Å². The van der Waals surface area contributed by atoms with E-state index in [0.717, 1.165) is 38.3 Å². The molecule has 32 heavy (non-hydrogen) atoms. The SMILES string of the molecule is CC(C)c1ccc(CN2CCN(C(=O)/C=C/c3cn(Cc4ccccc4)nn3)CC2)cc1. The number of piperazine rings is 1. The topological polar surface area (TPSA) is 54.3 Å². The Hall–Kier alpha value is -3.25. The van der Waals surface area contributed by atoms with Crippen molar-refractivity contribution in [1.29, 1.82) is 0 Å². The van der Waals surface area contributed by atoms with E-state index in [1.165, 1.54) is 11.1 Å². The lowest BCUT2D eigenvalue weighted by molar-refractivity contribution is -0.127. The molecule has 4 rings (SSSR count). The van der Waals surface area contributed by atoms with E-state index < -0.39 is 0 Å². The maximum atomic E-state index is 12.6. The molecule has 1 saturated heterocycles. The Labute approximate surface area is 190 Å². The maximum Gasteiger partial charge on any atom is 0.246 e. The van der Waals surface area contributed by atoms with Crippen molar-refractivity contribution in [3.63, 3.8) is 0 Å². The molecule has 0 radical (unpaired) electrons. The number of carbonyl (C=O) groups is 1. The van der Waals surface area contributed by atoms with Crippen LogP contribution in [0.25, 0.3) is 6.08 Å². The number of rotatable bonds is 7. The van der Waals surface area contributed by atoms with Gasteiger partial charge in [0, 0.05) is 38.8 Å². The lowest BCUT2D eigenvalue weighted by Crippen LogP contribution is -2.47. The van der Waals surface area contributed by atoms with Crippen LogP contribution in [0.2, 0.25) is 0 Å². The van der Waals surface area contributed by atoms with Gasteiger partial charge < -0.3 is 4.90 Å². The molecule has 1 aliphatic rings. The fourth-order valence-electron chi connectivity index (χ4n) is 3.89. The molecule has 0 saturated carbocycles. The third-order valence-electron chi connectivity index (χ3n) is 5.88. The Bertz CT molecular complexity index is 1030. The van der Waals surface area contributed by atoms with Crippen molar-refractivity contribution in [1.82, 2.24) is 24.8 Å². The second-order valence-electron chi connectivity index (χ2n) is 8.66. The molecule has 0 aliphatic carbocycles. The van der Waals surface area contributed by atoms with E-state index in [1.54, 1.807) is 16.8 Å². The first-order valence-corrected chi connectivity index (χ1v) is 11.3. The van der Waals surface area contributed by atoms with E-state index in [9.17, 15) is 4.79 Å². The van der Waals surface area contributed by atoms with Crippen molar-refractivity contribution < 1.29 is 4.79 Å². The molecule has 2 heterocycles. The van der Waals surface area contributed by atoms with Crippen LogP contribution < -0.4 is 0 Å². The molecular formula is C26H31N5O. The summed E-state index contributed by atoms with van der Waals surface area (Å²) < 4.78 is 1.78. The average Bonchev–Trinajstić information content (AvgIpc) is 3.26. The van der Waals surface area contributed by atoms with Gasteiger partial charge >= 0.3 is 0 Å². The van der Waals surface area contributed by atoms with E-state index in [-0.39, 0.29) is 5.91 Å². The zero-order valence-corrected chi connectivity index (χ0v) is 18.9. The van der Waals surface area contributed by atoms with Gasteiger partial charge in [0.15, 0.2) is 0 Å². The number of hydrogen-bond acceptors (Lipinski definition) is 4. The predicted octanol–water partition coefficient (Wildman–Crippen LogP) is 3.81. The van der Waals surface area contributed by atoms with Crippen LogP contribution in [0.15, 0.2) is 66.9 Å². The van der Waals surface area contributed by atoms with Crippen LogP contribution in [-0.4, -0.2) is 56.9 Å². The lowest BCUT2D eigenvalue weighted by Gasteiger charge is -2.34. The fraction of sp³-hybridized carbons (Fsp3) is 0.346. The number of benzene rings is 2. The number of nitrogens with zero attached hydrogens (tertiary/aromatic N) is 5. The molecule has 1 fully saturated rings. The van der Waals surface area contributed by atoms with Gasteiger partial charge in [-0.3, -0.25) is 9.69 Å². The van der Waals surface area contributed by atoms with Gasteiger partial charge in [0.05, 0.1) is 12.7 Å². The molecule has 1 aliphatic heterocycles. The third kappa shape index (κ3) is 5.92. The average molecular weight is 430 g/mol. The summed E-state index contributed by atoms with van der Waals surface area (Å²) in [7, 11) is 0. The maximum absolute atomic E-state index is 12.6. The minimum atomic E-state index is 0.0311. The summed E-state index contributed by atoms with van der Waals surface area (Å²) >= 11 is 0. The van der Waals surface area contributed by atoms with E-state index in [2.05, 4.69) is 65.5 Å². The van der Waals surface area contributed by atoms with Gasteiger partial charge in [0.1, 0.15) is 5.69 Å². The van der Waals surface area contributed by atoms with Crippen molar-refractivity contribution in [2.75, 3.05) is 26.2 Å².